The van der Waals surface area contributed by atoms with E-state index in [1.807, 2.05) is 0 Å². The number of hydrogen-bond donors (Lipinski definition) is 0. The molecule has 0 radical (unpaired) electrons. The van der Waals surface area contributed by atoms with Crippen LogP contribution in [0.25, 0.3) is 0 Å². The van der Waals surface area contributed by atoms with E-state index in [0.29, 0.717) is 13.2 Å². The maximum Gasteiger partial charge on any atom is 2.00 e. The van der Waals surface area contributed by atoms with Gasteiger partial charge >= 0.3 is 26.2 Å². The van der Waals surface area contributed by atoms with Crippen molar-refractivity contribution in [1.82, 2.24) is 0 Å². The monoisotopic (exact) mass is 380 g/mol. The van der Waals surface area contributed by atoms with Gasteiger partial charge in [-0.05, 0) is 13.8 Å². The molecule has 0 heterocycles. The summed E-state index contributed by atoms with van der Waals surface area (Å²) in [5.74, 6) is -3.63. The third-order valence-corrected chi connectivity index (χ3v) is 1.62. The third-order valence-electron chi connectivity index (χ3n) is 1.62. The number of ketones is 2. The van der Waals surface area contributed by atoms with Crippen molar-refractivity contribution >= 4 is 23.5 Å². The molecule has 0 aromatic rings. The van der Waals surface area contributed by atoms with Gasteiger partial charge in [-0.1, -0.05) is 0 Å². The smallest absolute Gasteiger partial charge is 0.550 e. The zero-order valence-electron chi connectivity index (χ0n) is 12.0. The molecule has 0 amide bonds. The normalized spacial score (nSPS) is 8.86. The SMILES string of the molecule is CCOCC(=O)CC(=O)[O-].CCOCC(=O)CC(=O)[O-].[Zr+2]. The van der Waals surface area contributed by atoms with Crippen LogP contribution < -0.4 is 10.2 Å². The predicted octanol–water partition coefficient (Wildman–Crippen LogP) is -2.54. The van der Waals surface area contributed by atoms with Crippen LogP contribution in [-0.2, 0) is 54.9 Å². The minimum Gasteiger partial charge on any atom is -0.550 e. The van der Waals surface area contributed by atoms with Crippen molar-refractivity contribution in [1.29, 1.82) is 0 Å². The van der Waals surface area contributed by atoms with Crippen LogP contribution in [0.3, 0.4) is 0 Å². The standard InChI is InChI=1S/2C6H10O4.Zr/c2*1-2-10-4-5(7)3-6(8)9;/h2*2-4H2,1H3,(H,8,9);/q;;+2/p-2. The molecule has 0 rings (SSSR count). The van der Waals surface area contributed by atoms with Crippen LogP contribution in [0.4, 0.5) is 0 Å². The molecule has 0 fully saturated rings. The fraction of sp³-hybridized carbons (Fsp3) is 0.667. The molecule has 21 heavy (non-hydrogen) atoms. The molecule has 0 saturated heterocycles. The van der Waals surface area contributed by atoms with Crippen LogP contribution in [0.15, 0.2) is 0 Å². The van der Waals surface area contributed by atoms with Crippen LogP contribution in [0, 0.1) is 0 Å². The summed E-state index contributed by atoms with van der Waals surface area (Å²) < 4.78 is 9.31. The van der Waals surface area contributed by atoms with Gasteiger partial charge in [0.15, 0.2) is 11.6 Å². The van der Waals surface area contributed by atoms with E-state index >= 15 is 0 Å². The summed E-state index contributed by atoms with van der Waals surface area (Å²) in [5.41, 5.74) is 0. The Kier molecular flexibility index (Phi) is 20.4. The number of carboxylic acids is 2. The molecule has 0 bridgehead atoms. The van der Waals surface area contributed by atoms with Crippen molar-refractivity contribution in [2.24, 2.45) is 0 Å². The molecule has 0 unspecified atom stereocenters. The van der Waals surface area contributed by atoms with Crippen LogP contribution in [0.1, 0.15) is 26.7 Å². The van der Waals surface area contributed by atoms with Crippen molar-refractivity contribution in [2.75, 3.05) is 26.4 Å². The van der Waals surface area contributed by atoms with E-state index in [4.69, 9.17) is 0 Å². The first-order valence-electron chi connectivity index (χ1n) is 5.91. The van der Waals surface area contributed by atoms with Crippen molar-refractivity contribution in [3.8, 4) is 0 Å². The summed E-state index contributed by atoms with van der Waals surface area (Å²) in [5, 5.41) is 19.6. The maximum atomic E-state index is 10.5. The summed E-state index contributed by atoms with van der Waals surface area (Å²) in [6.45, 7) is 4.02. The summed E-state index contributed by atoms with van der Waals surface area (Å²) in [7, 11) is 0. The number of hydrogen-bond acceptors (Lipinski definition) is 8. The number of Topliss-reactive ketones (excluding diaryl/α,β-unsaturated/α-hetero) is 2. The number of carbonyl (C=O) groups is 4. The number of ether oxygens (including phenoxy) is 2. The average Bonchev–Trinajstić information content (AvgIpc) is 2.33. The minimum atomic E-state index is -1.36. The Morgan fingerprint density at radius 1 is 0.762 bits per heavy atom. The Morgan fingerprint density at radius 3 is 1.24 bits per heavy atom. The van der Waals surface area contributed by atoms with E-state index in [2.05, 4.69) is 9.47 Å². The molecule has 0 atom stereocenters. The average molecular weight is 381 g/mol. The molecular formula is C12H18O8Zr. The molecule has 9 heteroatoms. The van der Waals surface area contributed by atoms with Gasteiger partial charge in [-0.25, -0.2) is 0 Å². The van der Waals surface area contributed by atoms with Gasteiger partial charge < -0.3 is 29.3 Å². The summed E-state index contributed by atoms with van der Waals surface area (Å²) in [6.07, 6.45) is -1.11. The molecule has 0 saturated carbocycles. The van der Waals surface area contributed by atoms with Crippen LogP contribution in [0.5, 0.6) is 0 Å². The van der Waals surface area contributed by atoms with E-state index in [1.54, 1.807) is 13.8 Å². The van der Waals surface area contributed by atoms with Gasteiger partial charge in [-0.15, -0.1) is 0 Å². The topological polar surface area (TPSA) is 133 Å². The molecular weight excluding hydrogens is 363 g/mol. The molecule has 0 aliphatic rings. The van der Waals surface area contributed by atoms with E-state index < -0.39 is 36.3 Å². The summed E-state index contributed by atoms with van der Waals surface area (Å²) in [4.78, 5) is 40.5. The van der Waals surface area contributed by atoms with Gasteiger partial charge in [0.05, 0.1) is 0 Å². The van der Waals surface area contributed by atoms with Gasteiger partial charge in [-0.3, -0.25) is 9.59 Å². The number of aliphatic carboxylic acids is 2. The van der Waals surface area contributed by atoms with Crippen molar-refractivity contribution in [3.63, 3.8) is 0 Å². The molecule has 118 valence electrons. The fourth-order valence-electron chi connectivity index (χ4n) is 0.856. The first kappa shape index (κ1) is 25.1. The molecule has 0 aliphatic carbocycles. The second-order valence-corrected chi connectivity index (χ2v) is 3.45. The number of carbonyl (C=O) groups excluding carboxylic acids is 4. The number of rotatable bonds is 10. The Bertz CT molecular complexity index is 297. The molecule has 0 N–H and O–H groups in total. The summed E-state index contributed by atoms with van der Waals surface area (Å²) >= 11 is 0. The van der Waals surface area contributed by atoms with Gasteiger partial charge in [0.1, 0.15) is 13.2 Å². The zero-order valence-corrected chi connectivity index (χ0v) is 14.5. The Balaban J connectivity index is -0.000000295. The first-order valence-corrected chi connectivity index (χ1v) is 5.91. The van der Waals surface area contributed by atoms with E-state index in [0.717, 1.165) is 0 Å². The Labute approximate surface area is 141 Å². The fourth-order valence-corrected chi connectivity index (χ4v) is 0.856. The second kappa shape index (κ2) is 17.1. The van der Waals surface area contributed by atoms with Gasteiger partial charge in [0.2, 0.25) is 0 Å². The van der Waals surface area contributed by atoms with Gasteiger partial charge in [-0.2, -0.15) is 0 Å². The Hall–Kier alpha value is -0.917. The predicted molar refractivity (Wildman–Crippen MR) is 62.2 cm³/mol. The molecule has 0 aromatic carbocycles. The van der Waals surface area contributed by atoms with Gasteiger partial charge in [0, 0.05) is 38.0 Å². The summed E-state index contributed by atoms with van der Waals surface area (Å²) in [6, 6.07) is 0. The molecule has 8 nitrogen and oxygen atoms in total. The van der Waals surface area contributed by atoms with Crippen molar-refractivity contribution in [2.45, 2.75) is 26.7 Å². The van der Waals surface area contributed by atoms with Crippen molar-refractivity contribution in [3.05, 3.63) is 0 Å². The van der Waals surface area contributed by atoms with Crippen molar-refractivity contribution < 1.29 is 65.1 Å². The van der Waals surface area contributed by atoms with Gasteiger partial charge in [0.25, 0.3) is 0 Å². The molecule has 0 spiro atoms. The van der Waals surface area contributed by atoms with Crippen LogP contribution in [0.2, 0.25) is 0 Å². The second-order valence-electron chi connectivity index (χ2n) is 3.45. The molecule has 0 aromatic heterocycles. The van der Waals surface area contributed by atoms with E-state index in [9.17, 15) is 29.4 Å². The van der Waals surface area contributed by atoms with Crippen LogP contribution >= 0.6 is 0 Å². The number of carboxylic acid groups (broad SMARTS) is 2. The maximum absolute atomic E-state index is 10.5. The first-order chi connectivity index (χ1) is 9.33. The largest absolute Gasteiger partial charge is 2.00 e. The van der Waals surface area contributed by atoms with E-state index in [1.165, 1.54) is 0 Å². The zero-order chi connectivity index (χ0) is 16.0. The quantitative estimate of drug-likeness (QED) is 0.378. The van der Waals surface area contributed by atoms with Crippen LogP contribution in [-0.4, -0.2) is 49.9 Å². The Morgan fingerprint density at radius 2 is 1.05 bits per heavy atom. The minimum absolute atomic E-state index is 0. The third kappa shape index (κ3) is 24.5. The van der Waals surface area contributed by atoms with E-state index in [-0.39, 0.29) is 39.4 Å². The molecule has 0 aliphatic heterocycles.